The molecule has 17 nitrogen and oxygen atoms in total. The number of carbonyl (C=O) groups excluding carboxylic acids is 4. The van der Waals surface area contributed by atoms with Crippen LogP contribution in [0.1, 0.15) is 46.0 Å². The molecule has 7 aromatic rings. The van der Waals surface area contributed by atoms with E-state index in [-0.39, 0.29) is 44.2 Å². The van der Waals surface area contributed by atoms with Crippen molar-refractivity contribution >= 4 is 52.0 Å². The molecule has 3 saturated heterocycles. The van der Waals surface area contributed by atoms with Crippen LogP contribution in [0.2, 0.25) is 0 Å². The van der Waals surface area contributed by atoms with Crippen LogP contribution in [0, 0.1) is 17.8 Å². The van der Waals surface area contributed by atoms with E-state index in [1.54, 1.807) is 53.2 Å². The number of carbonyl (C=O) groups is 4. The highest BCUT2D eigenvalue weighted by Crippen LogP contribution is 2.66. The SMILES string of the molecule is COCCOC(=O)N1C(=O)C2(c3cc(C#CCn4nnc5ccccc54)ccc31)C(C(=O)Nc1ccc(N3CCOCC3)cc1)C1C(=O)OC(c3ccccc3)C(c3ccccc3)N1C2c1cccc(OCCO)c1. The fourth-order valence-electron chi connectivity index (χ4n) is 11.2. The second kappa shape index (κ2) is 21.2. The van der Waals surface area contributed by atoms with Gasteiger partial charge < -0.3 is 39.0 Å². The molecule has 6 unspecified atom stereocenters. The smallest absolute Gasteiger partial charge is 0.421 e. The van der Waals surface area contributed by atoms with Gasteiger partial charge in [0, 0.05) is 37.1 Å². The fourth-order valence-corrected chi connectivity index (χ4v) is 11.2. The quantitative estimate of drug-likeness (QED) is 0.0700. The molecule has 380 valence electrons. The Kier molecular flexibility index (Phi) is 13.8. The van der Waals surface area contributed by atoms with E-state index in [0.29, 0.717) is 59.9 Å². The molecule has 2 N–H and O–H groups in total. The molecular formula is C58H53N7O10. The number of benzene rings is 6. The molecule has 1 aromatic heterocycles. The lowest BCUT2D eigenvalue weighted by atomic mass is 9.65. The van der Waals surface area contributed by atoms with Crippen LogP contribution in [0.25, 0.3) is 11.0 Å². The summed E-state index contributed by atoms with van der Waals surface area (Å²) in [6, 6.07) is 42.4. The summed E-state index contributed by atoms with van der Waals surface area (Å²) in [6.07, 6.45) is -1.95. The summed E-state index contributed by atoms with van der Waals surface area (Å²) in [5, 5.41) is 21.6. The molecule has 3 fully saturated rings. The molecule has 0 aliphatic carbocycles. The number of cyclic esters (lactones) is 1. The summed E-state index contributed by atoms with van der Waals surface area (Å²) < 4.78 is 30.9. The maximum atomic E-state index is 16.6. The van der Waals surface area contributed by atoms with E-state index in [1.807, 2.05) is 108 Å². The first-order chi connectivity index (χ1) is 36.8. The maximum absolute atomic E-state index is 16.6. The van der Waals surface area contributed by atoms with Crippen molar-refractivity contribution in [3.8, 4) is 17.6 Å². The van der Waals surface area contributed by atoms with Crippen molar-refractivity contribution in [3.63, 3.8) is 0 Å². The van der Waals surface area contributed by atoms with Crippen LogP contribution in [-0.4, -0.2) is 115 Å². The molecule has 6 atom stereocenters. The number of ether oxygens (including phenoxy) is 5. The van der Waals surface area contributed by atoms with E-state index in [9.17, 15) is 9.90 Å². The highest BCUT2D eigenvalue weighted by molar-refractivity contribution is 6.24. The molecule has 11 rings (SSSR count). The summed E-state index contributed by atoms with van der Waals surface area (Å²) in [7, 11) is 1.47. The second-order valence-corrected chi connectivity index (χ2v) is 18.6. The van der Waals surface area contributed by atoms with Crippen molar-refractivity contribution in [2.75, 3.05) is 75.0 Å². The minimum Gasteiger partial charge on any atom is -0.491 e. The van der Waals surface area contributed by atoms with Crippen LogP contribution in [0.15, 0.2) is 152 Å². The van der Waals surface area contributed by atoms with Gasteiger partial charge in [-0.3, -0.25) is 19.3 Å². The van der Waals surface area contributed by atoms with E-state index in [2.05, 4.69) is 32.4 Å². The molecular weight excluding hydrogens is 955 g/mol. The third-order valence-electron chi connectivity index (χ3n) is 14.4. The Labute approximate surface area is 432 Å². The number of rotatable bonds is 13. The van der Waals surface area contributed by atoms with Gasteiger partial charge in [-0.15, -0.1) is 5.10 Å². The molecule has 5 heterocycles. The van der Waals surface area contributed by atoms with E-state index in [0.717, 1.165) is 21.7 Å². The van der Waals surface area contributed by atoms with Gasteiger partial charge in [-0.05, 0) is 89.0 Å². The number of hydrogen-bond acceptors (Lipinski definition) is 14. The zero-order chi connectivity index (χ0) is 51.5. The Morgan fingerprint density at radius 1 is 0.800 bits per heavy atom. The molecule has 75 heavy (non-hydrogen) atoms. The first kappa shape index (κ1) is 48.8. The van der Waals surface area contributed by atoms with Gasteiger partial charge in [0.1, 0.15) is 48.6 Å². The van der Waals surface area contributed by atoms with Crippen LogP contribution < -0.4 is 19.9 Å². The number of nitrogens with zero attached hydrogens (tertiary/aromatic N) is 6. The van der Waals surface area contributed by atoms with Gasteiger partial charge in [-0.25, -0.2) is 14.4 Å². The van der Waals surface area contributed by atoms with Crippen molar-refractivity contribution in [3.05, 3.63) is 179 Å². The number of fused-ring (bicyclic) bond motifs is 4. The Morgan fingerprint density at radius 2 is 1.53 bits per heavy atom. The number of anilines is 3. The lowest BCUT2D eigenvalue weighted by Gasteiger charge is -2.46. The van der Waals surface area contributed by atoms with Gasteiger partial charge in [0.2, 0.25) is 11.8 Å². The number of esters is 1. The van der Waals surface area contributed by atoms with Gasteiger partial charge in [0.05, 0.1) is 55.6 Å². The van der Waals surface area contributed by atoms with Gasteiger partial charge in [-0.1, -0.05) is 102 Å². The van der Waals surface area contributed by atoms with Crippen LogP contribution in [0.5, 0.6) is 5.75 Å². The number of aromatic nitrogens is 3. The lowest BCUT2D eigenvalue weighted by molar-refractivity contribution is -0.177. The average molecular weight is 1010 g/mol. The summed E-state index contributed by atoms with van der Waals surface area (Å²) in [6.45, 7) is 2.29. The number of methoxy groups -OCH3 is 1. The number of nitrogens with one attached hydrogen (secondary N) is 1. The monoisotopic (exact) mass is 1010 g/mol. The lowest BCUT2D eigenvalue weighted by Crippen LogP contribution is -2.54. The molecule has 0 saturated carbocycles. The molecule has 1 spiro atoms. The van der Waals surface area contributed by atoms with Crippen molar-refractivity contribution in [2.24, 2.45) is 5.92 Å². The molecule has 17 heteroatoms. The van der Waals surface area contributed by atoms with Crippen molar-refractivity contribution < 1.29 is 48.0 Å². The van der Waals surface area contributed by atoms with Gasteiger partial charge in [0.15, 0.2) is 0 Å². The van der Waals surface area contributed by atoms with Crippen molar-refractivity contribution in [1.29, 1.82) is 0 Å². The van der Waals surface area contributed by atoms with Crippen molar-refractivity contribution in [2.45, 2.75) is 36.2 Å². The highest BCUT2D eigenvalue weighted by Gasteiger charge is 2.76. The van der Waals surface area contributed by atoms with Crippen molar-refractivity contribution in [1.82, 2.24) is 19.9 Å². The zero-order valence-electron chi connectivity index (χ0n) is 41.0. The number of hydrogen-bond donors (Lipinski definition) is 2. The van der Waals surface area contributed by atoms with Crippen LogP contribution in [-0.2, 0) is 45.3 Å². The summed E-state index contributed by atoms with van der Waals surface area (Å²) in [5.41, 5.74) is 3.49. The first-order valence-corrected chi connectivity index (χ1v) is 24.9. The second-order valence-electron chi connectivity index (χ2n) is 18.6. The molecule has 4 aliphatic rings. The Bertz CT molecular complexity index is 3300. The summed E-state index contributed by atoms with van der Waals surface area (Å²) in [5.74, 6) is 3.01. The van der Waals surface area contributed by atoms with E-state index in [4.69, 9.17) is 23.7 Å². The summed E-state index contributed by atoms with van der Waals surface area (Å²) in [4.78, 5) is 68.1. The third kappa shape index (κ3) is 9.01. The number of amides is 3. The number of para-hydroxylation sites is 1. The third-order valence-corrected chi connectivity index (χ3v) is 14.4. The molecule has 0 radical (unpaired) electrons. The van der Waals surface area contributed by atoms with Crippen LogP contribution >= 0.6 is 0 Å². The standard InChI is InChI=1S/C58H53N7O10/c1-71-34-35-74-57(70)64-47-26-21-38(12-11-27-63-48-20-9-8-19-46(48)60-61-63)36-45(47)58(56(64)69)49(54(67)59-42-22-24-43(25-23-42)62-28-31-72-32-29-62)51-55(68)75-52(40-15-6-3-7-16-40)50(39-13-4-2-5-14-39)65(51)53(58)41-17-10-18-44(37-41)73-33-30-66/h2-10,13-26,36-37,49-53,66H,27-35H2,1H3,(H,59,67). The largest absolute Gasteiger partial charge is 0.491 e. The Balaban J connectivity index is 1.15. The molecule has 0 bridgehead atoms. The number of morpholine rings is 2. The number of aliphatic hydroxyl groups excluding tert-OH is 1. The fraction of sp³-hybridized carbons (Fsp3) is 0.276. The normalized spacial score (nSPS) is 22.0. The zero-order valence-corrected chi connectivity index (χ0v) is 41.0. The van der Waals surface area contributed by atoms with Gasteiger partial charge in [-0.2, -0.15) is 0 Å². The molecule has 4 aliphatic heterocycles. The first-order valence-electron chi connectivity index (χ1n) is 24.9. The molecule has 3 amide bonds. The number of imide groups is 1. The Hall–Kier alpha value is -8.40. The average Bonchev–Trinajstić information content (AvgIpc) is 4.20. The van der Waals surface area contributed by atoms with Gasteiger partial charge >= 0.3 is 12.1 Å². The minimum atomic E-state index is -2.11. The van der Waals surface area contributed by atoms with E-state index >= 15 is 14.4 Å². The van der Waals surface area contributed by atoms with E-state index in [1.165, 1.54) is 7.11 Å². The van der Waals surface area contributed by atoms with E-state index < -0.39 is 59.4 Å². The molecule has 6 aromatic carbocycles. The minimum absolute atomic E-state index is 0.0364. The predicted octanol–water partition coefficient (Wildman–Crippen LogP) is 6.78. The summed E-state index contributed by atoms with van der Waals surface area (Å²) >= 11 is 0. The van der Waals surface area contributed by atoms with Gasteiger partial charge in [0.25, 0.3) is 0 Å². The maximum Gasteiger partial charge on any atom is 0.421 e. The highest BCUT2D eigenvalue weighted by atomic mass is 16.6. The van der Waals surface area contributed by atoms with Crippen LogP contribution in [0.4, 0.5) is 21.9 Å². The topological polar surface area (TPSA) is 187 Å². The predicted molar refractivity (Wildman–Crippen MR) is 277 cm³/mol. The number of aliphatic hydroxyl groups is 1. The Morgan fingerprint density at radius 3 is 2.29 bits per heavy atom. The van der Waals surface area contributed by atoms with Crippen LogP contribution in [0.3, 0.4) is 0 Å².